The van der Waals surface area contributed by atoms with Crippen molar-refractivity contribution in [2.45, 2.75) is 43.6 Å². The van der Waals surface area contributed by atoms with E-state index in [9.17, 15) is 22.4 Å². The van der Waals surface area contributed by atoms with Gasteiger partial charge in [0, 0.05) is 13.1 Å². The lowest BCUT2D eigenvalue weighted by Gasteiger charge is -2.20. The van der Waals surface area contributed by atoms with E-state index in [1.54, 1.807) is 6.07 Å². The molecule has 166 valence electrons. The SMILES string of the molecule is CC(OC(=O)c1cccc(S(=O)(=O)N2CCCCCC2)c1)C(=O)Nc1ccccc1F. The third kappa shape index (κ3) is 5.68. The fourth-order valence-electron chi connectivity index (χ4n) is 3.29. The minimum atomic E-state index is -3.73. The molecule has 0 aromatic heterocycles. The van der Waals surface area contributed by atoms with Crippen LogP contribution in [0.15, 0.2) is 53.4 Å². The van der Waals surface area contributed by atoms with Crippen LogP contribution in [0.25, 0.3) is 0 Å². The molecule has 1 aliphatic rings. The summed E-state index contributed by atoms with van der Waals surface area (Å²) in [4.78, 5) is 24.8. The minimum Gasteiger partial charge on any atom is -0.449 e. The zero-order chi connectivity index (χ0) is 22.4. The van der Waals surface area contributed by atoms with Gasteiger partial charge >= 0.3 is 5.97 Å². The van der Waals surface area contributed by atoms with Gasteiger partial charge in [-0.15, -0.1) is 0 Å². The predicted octanol–water partition coefficient (Wildman–Crippen LogP) is 3.57. The largest absolute Gasteiger partial charge is 0.449 e. The number of benzene rings is 2. The first-order valence-corrected chi connectivity index (χ1v) is 11.6. The molecular weight excluding hydrogens is 423 g/mol. The maximum atomic E-state index is 13.7. The quantitative estimate of drug-likeness (QED) is 0.682. The van der Waals surface area contributed by atoms with Crippen LogP contribution in [-0.2, 0) is 19.6 Å². The molecule has 1 N–H and O–H groups in total. The molecule has 1 heterocycles. The van der Waals surface area contributed by atoms with E-state index in [1.165, 1.54) is 53.7 Å². The van der Waals surface area contributed by atoms with Crippen molar-refractivity contribution < 1.29 is 27.1 Å². The van der Waals surface area contributed by atoms with Gasteiger partial charge in [0.1, 0.15) is 5.82 Å². The molecule has 2 aromatic carbocycles. The molecule has 0 bridgehead atoms. The topological polar surface area (TPSA) is 92.8 Å². The number of nitrogens with zero attached hydrogens (tertiary/aromatic N) is 1. The van der Waals surface area contributed by atoms with E-state index in [1.807, 2.05) is 0 Å². The van der Waals surface area contributed by atoms with Gasteiger partial charge in [0.15, 0.2) is 6.10 Å². The van der Waals surface area contributed by atoms with Crippen molar-refractivity contribution in [1.82, 2.24) is 4.31 Å². The van der Waals surface area contributed by atoms with E-state index in [4.69, 9.17) is 4.74 Å². The summed E-state index contributed by atoms with van der Waals surface area (Å²) in [6, 6.07) is 11.2. The molecule has 1 fully saturated rings. The molecule has 0 aliphatic carbocycles. The highest BCUT2D eigenvalue weighted by Crippen LogP contribution is 2.22. The second kappa shape index (κ2) is 10.0. The molecule has 1 aliphatic heterocycles. The molecule has 2 aromatic rings. The summed E-state index contributed by atoms with van der Waals surface area (Å²) in [5.74, 6) is -2.16. The number of esters is 1. The number of carbonyl (C=O) groups is 2. The number of halogens is 1. The summed E-state index contributed by atoms with van der Waals surface area (Å²) in [7, 11) is -3.73. The summed E-state index contributed by atoms with van der Waals surface area (Å²) in [5.41, 5.74) is -0.0117. The Morgan fingerprint density at radius 3 is 2.39 bits per heavy atom. The van der Waals surface area contributed by atoms with Crippen LogP contribution in [-0.4, -0.2) is 43.8 Å². The molecule has 0 spiro atoms. The number of ether oxygens (including phenoxy) is 1. The van der Waals surface area contributed by atoms with Gasteiger partial charge in [-0.2, -0.15) is 4.31 Å². The lowest BCUT2D eigenvalue weighted by Crippen LogP contribution is -2.32. The second-order valence-electron chi connectivity index (χ2n) is 7.36. The predicted molar refractivity (Wildman–Crippen MR) is 114 cm³/mol. The maximum absolute atomic E-state index is 13.7. The molecule has 0 radical (unpaired) electrons. The van der Waals surface area contributed by atoms with E-state index in [0.717, 1.165) is 25.7 Å². The Balaban J connectivity index is 1.69. The summed E-state index contributed by atoms with van der Waals surface area (Å²) >= 11 is 0. The Morgan fingerprint density at radius 1 is 1.03 bits per heavy atom. The normalized spacial score (nSPS) is 16.2. The molecule has 1 amide bonds. The number of nitrogens with one attached hydrogen (secondary N) is 1. The summed E-state index contributed by atoms with van der Waals surface area (Å²) in [6.45, 7) is 2.25. The third-order valence-corrected chi connectivity index (χ3v) is 6.95. The molecule has 3 rings (SSSR count). The molecule has 7 nitrogen and oxygen atoms in total. The van der Waals surface area contributed by atoms with Gasteiger partial charge in [-0.3, -0.25) is 4.79 Å². The van der Waals surface area contributed by atoms with Crippen molar-refractivity contribution in [3.63, 3.8) is 0 Å². The Hall–Kier alpha value is -2.78. The van der Waals surface area contributed by atoms with Crippen molar-refractivity contribution in [2.24, 2.45) is 0 Å². The van der Waals surface area contributed by atoms with Gasteiger partial charge in [0.25, 0.3) is 5.91 Å². The number of amides is 1. The second-order valence-corrected chi connectivity index (χ2v) is 9.30. The van der Waals surface area contributed by atoms with Crippen LogP contribution in [0.5, 0.6) is 0 Å². The Kier molecular flexibility index (Phi) is 7.40. The smallest absolute Gasteiger partial charge is 0.338 e. The average molecular weight is 449 g/mol. The van der Waals surface area contributed by atoms with Crippen LogP contribution in [0.1, 0.15) is 43.0 Å². The van der Waals surface area contributed by atoms with Crippen molar-refractivity contribution in [1.29, 1.82) is 0 Å². The minimum absolute atomic E-state index is 0.00677. The van der Waals surface area contributed by atoms with Crippen LogP contribution in [0.4, 0.5) is 10.1 Å². The van der Waals surface area contributed by atoms with E-state index in [2.05, 4.69) is 5.32 Å². The number of rotatable bonds is 6. The number of carbonyl (C=O) groups excluding carboxylic acids is 2. The molecule has 31 heavy (non-hydrogen) atoms. The molecular formula is C22H25FN2O5S. The average Bonchev–Trinajstić information content (AvgIpc) is 3.05. The zero-order valence-corrected chi connectivity index (χ0v) is 18.0. The lowest BCUT2D eigenvalue weighted by atomic mass is 10.2. The first kappa shape index (κ1) is 22.9. The molecule has 1 saturated heterocycles. The monoisotopic (exact) mass is 448 g/mol. The summed E-state index contributed by atoms with van der Waals surface area (Å²) in [5, 5.41) is 2.36. The number of para-hydroxylation sites is 1. The van der Waals surface area contributed by atoms with Gasteiger partial charge < -0.3 is 10.1 Å². The van der Waals surface area contributed by atoms with Crippen molar-refractivity contribution in [3.05, 3.63) is 59.9 Å². The van der Waals surface area contributed by atoms with Gasteiger partial charge in [-0.05, 0) is 50.1 Å². The molecule has 1 atom stereocenters. The number of hydrogen-bond acceptors (Lipinski definition) is 5. The molecule has 0 saturated carbocycles. The van der Waals surface area contributed by atoms with Crippen molar-refractivity contribution >= 4 is 27.6 Å². The van der Waals surface area contributed by atoms with Gasteiger partial charge in [-0.1, -0.05) is 31.0 Å². The van der Waals surface area contributed by atoms with Crippen LogP contribution < -0.4 is 5.32 Å². The van der Waals surface area contributed by atoms with Crippen LogP contribution >= 0.6 is 0 Å². The number of anilines is 1. The van der Waals surface area contributed by atoms with Crippen LogP contribution in [0, 0.1) is 5.82 Å². The highest BCUT2D eigenvalue weighted by molar-refractivity contribution is 7.89. The van der Waals surface area contributed by atoms with E-state index >= 15 is 0 Å². The number of hydrogen-bond donors (Lipinski definition) is 1. The Bertz CT molecular complexity index is 1050. The molecule has 9 heteroatoms. The highest BCUT2D eigenvalue weighted by Gasteiger charge is 2.27. The fraction of sp³-hybridized carbons (Fsp3) is 0.364. The van der Waals surface area contributed by atoms with Crippen molar-refractivity contribution in [2.75, 3.05) is 18.4 Å². The standard InChI is InChI=1S/C22H25FN2O5S/c1-16(21(26)24-20-12-5-4-11-19(20)23)30-22(27)17-9-8-10-18(15-17)31(28,29)25-13-6-2-3-7-14-25/h4-5,8-12,15-16H,2-3,6-7,13-14H2,1H3,(H,24,26). The van der Waals surface area contributed by atoms with Crippen molar-refractivity contribution in [3.8, 4) is 0 Å². The highest BCUT2D eigenvalue weighted by atomic mass is 32.2. The third-order valence-electron chi connectivity index (χ3n) is 5.06. The van der Waals surface area contributed by atoms with Crippen LogP contribution in [0.2, 0.25) is 0 Å². The van der Waals surface area contributed by atoms with E-state index in [0.29, 0.717) is 13.1 Å². The number of sulfonamides is 1. The van der Waals surface area contributed by atoms with Gasteiger partial charge in [0.05, 0.1) is 16.1 Å². The first-order chi connectivity index (χ1) is 14.8. The fourth-order valence-corrected chi connectivity index (χ4v) is 4.86. The van der Waals surface area contributed by atoms with Gasteiger partial charge in [-0.25, -0.2) is 17.6 Å². The zero-order valence-electron chi connectivity index (χ0n) is 17.2. The van der Waals surface area contributed by atoms with Crippen LogP contribution in [0.3, 0.4) is 0 Å². The first-order valence-electron chi connectivity index (χ1n) is 10.2. The Morgan fingerprint density at radius 2 is 1.71 bits per heavy atom. The maximum Gasteiger partial charge on any atom is 0.338 e. The van der Waals surface area contributed by atoms with Gasteiger partial charge in [0.2, 0.25) is 10.0 Å². The van der Waals surface area contributed by atoms with E-state index < -0.39 is 33.8 Å². The lowest BCUT2D eigenvalue weighted by molar-refractivity contribution is -0.123. The summed E-state index contributed by atoms with van der Waals surface area (Å²) < 4.78 is 46.2. The molecule has 1 unspecified atom stereocenters. The summed E-state index contributed by atoms with van der Waals surface area (Å²) in [6.07, 6.45) is 2.37. The Labute approximate surface area is 181 Å². The van der Waals surface area contributed by atoms with E-state index in [-0.39, 0.29) is 16.1 Å².